The summed E-state index contributed by atoms with van der Waals surface area (Å²) in [5, 5.41) is 6.48. The Balaban J connectivity index is 1.30. The Labute approximate surface area is 151 Å². The molecular formula is C18H21N6S+. The van der Waals surface area contributed by atoms with Crippen molar-refractivity contribution in [2.45, 2.75) is 6.54 Å². The number of thiazole rings is 1. The van der Waals surface area contributed by atoms with Gasteiger partial charge >= 0.3 is 0 Å². The molecule has 0 saturated carbocycles. The largest absolute Gasteiger partial charge is 0.332 e. The number of aromatic nitrogens is 3. The van der Waals surface area contributed by atoms with Gasteiger partial charge in [-0.3, -0.25) is 0 Å². The highest BCUT2D eigenvalue weighted by Gasteiger charge is 2.22. The fourth-order valence-corrected chi connectivity index (χ4v) is 3.73. The highest BCUT2D eigenvalue weighted by Crippen LogP contribution is 2.20. The number of hydrogen-bond donors (Lipinski definition) is 2. The van der Waals surface area contributed by atoms with Crippen molar-refractivity contribution in [2.24, 2.45) is 0 Å². The summed E-state index contributed by atoms with van der Waals surface area (Å²) in [7, 11) is 0. The zero-order valence-electron chi connectivity index (χ0n) is 13.9. The first-order valence-electron chi connectivity index (χ1n) is 8.49. The Kier molecular flexibility index (Phi) is 4.85. The number of hydrogen-bond acceptors (Lipinski definition) is 6. The van der Waals surface area contributed by atoms with Gasteiger partial charge in [-0.1, -0.05) is 18.2 Å². The van der Waals surface area contributed by atoms with Gasteiger partial charge in [-0.2, -0.15) is 0 Å². The molecular weight excluding hydrogens is 332 g/mol. The van der Waals surface area contributed by atoms with Gasteiger partial charge in [0.05, 0.1) is 26.2 Å². The third-order valence-electron chi connectivity index (χ3n) is 4.31. The van der Waals surface area contributed by atoms with Crippen LogP contribution in [-0.4, -0.2) is 41.1 Å². The predicted octanol–water partition coefficient (Wildman–Crippen LogP) is 1.58. The van der Waals surface area contributed by atoms with Crippen molar-refractivity contribution in [3.05, 3.63) is 59.9 Å². The minimum Gasteiger partial charge on any atom is -0.332 e. The molecule has 1 aromatic carbocycles. The topological polar surface area (TPSA) is 58.4 Å². The summed E-state index contributed by atoms with van der Waals surface area (Å²) in [6, 6.07) is 12.0. The second-order valence-electron chi connectivity index (χ2n) is 6.10. The van der Waals surface area contributed by atoms with Crippen LogP contribution < -0.4 is 15.1 Å². The maximum atomic E-state index is 4.73. The molecule has 0 atom stereocenters. The van der Waals surface area contributed by atoms with Crippen molar-refractivity contribution >= 4 is 28.1 Å². The third kappa shape index (κ3) is 4.12. The maximum absolute atomic E-state index is 4.73. The van der Waals surface area contributed by atoms with E-state index in [0.717, 1.165) is 55.2 Å². The Bertz CT molecular complexity index is 784. The van der Waals surface area contributed by atoms with Crippen molar-refractivity contribution in [1.82, 2.24) is 15.0 Å². The average molecular weight is 353 g/mol. The summed E-state index contributed by atoms with van der Waals surface area (Å²) in [6.45, 7) is 5.10. The van der Waals surface area contributed by atoms with Gasteiger partial charge in [0.1, 0.15) is 12.2 Å². The van der Waals surface area contributed by atoms with Crippen LogP contribution in [0.1, 0.15) is 5.69 Å². The number of anilines is 3. The van der Waals surface area contributed by atoms with Crippen LogP contribution in [-0.2, 0) is 6.54 Å². The van der Waals surface area contributed by atoms with E-state index in [1.165, 1.54) is 0 Å². The number of quaternary nitrogens is 1. The highest BCUT2D eigenvalue weighted by molar-refractivity contribution is 7.13. The van der Waals surface area contributed by atoms with Crippen molar-refractivity contribution in [2.75, 3.05) is 36.4 Å². The normalized spacial score (nSPS) is 15.3. The van der Waals surface area contributed by atoms with E-state index in [-0.39, 0.29) is 0 Å². The van der Waals surface area contributed by atoms with Gasteiger partial charge in [0.15, 0.2) is 5.13 Å². The van der Waals surface area contributed by atoms with Gasteiger partial charge in [0, 0.05) is 23.5 Å². The van der Waals surface area contributed by atoms with Gasteiger partial charge < -0.3 is 15.1 Å². The van der Waals surface area contributed by atoms with Crippen LogP contribution in [0.15, 0.2) is 54.2 Å². The molecule has 6 nitrogen and oxygen atoms in total. The number of nitrogens with zero attached hydrogens (tertiary/aromatic N) is 4. The lowest BCUT2D eigenvalue weighted by molar-refractivity contribution is -0.914. The maximum Gasteiger partial charge on any atom is 0.225 e. The predicted molar refractivity (Wildman–Crippen MR) is 100 cm³/mol. The molecule has 2 aromatic heterocycles. The first kappa shape index (κ1) is 16.0. The fourth-order valence-electron chi connectivity index (χ4n) is 3.00. The first-order valence-corrected chi connectivity index (χ1v) is 9.37. The smallest absolute Gasteiger partial charge is 0.225 e. The summed E-state index contributed by atoms with van der Waals surface area (Å²) in [6.07, 6.45) is 3.61. The molecule has 3 heterocycles. The molecule has 1 saturated heterocycles. The third-order valence-corrected chi connectivity index (χ3v) is 5.12. The average Bonchev–Trinajstić information content (AvgIpc) is 3.11. The van der Waals surface area contributed by atoms with E-state index in [2.05, 4.69) is 37.7 Å². The van der Waals surface area contributed by atoms with Crippen molar-refractivity contribution in [1.29, 1.82) is 0 Å². The number of para-hydroxylation sites is 1. The first-order chi connectivity index (χ1) is 12.4. The van der Waals surface area contributed by atoms with Crippen LogP contribution in [0.4, 0.5) is 16.8 Å². The van der Waals surface area contributed by atoms with Gasteiger partial charge in [0.25, 0.3) is 0 Å². The molecule has 2 N–H and O–H groups in total. The van der Waals surface area contributed by atoms with Crippen LogP contribution in [0.25, 0.3) is 0 Å². The molecule has 128 valence electrons. The lowest BCUT2D eigenvalue weighted by Gasteiger charge is -2.31. The Hall–Kier alpha value is -2.51. The fraction of sp³-hybridized carbons (Fsp3) is 0.278. The van der Waals surface area contributed by atoms with E-state index in [9.17, 15) is 0 Å². The number of piperazine rings is 1. The molecule has 0 radical (unpaired) electrons. The standard InChI is InChI=1S/C18H20N6S/c1-2-5-15(6-3-1)21-18-22-16(14-25-18)13-23-9-11-24(12-10-23)17-19-7-4-8-20-17/h1-8,14H,9-13H2,(H,21,22)/p+1. The van der Waals surface area contributed by atoms with Crippen LogP contribution in [0, 0.1) is 0 Å². The van der Waals surface area contributed by atoms with Gasteiger partial charge in [-0.15, -0.1) is 11.3 Å². The summed E-state index contributed by atoms with van der Waals surface area (Å²) < 4.78 is 0. The summed E-state index contributed by atoms with van der Waals surface area (Å²) in [5.41, 5.74) is 2.23. The second-order valence-corrected chi connectivity index (χ2v) is 6.96. The van der Waals surface area contributed by atoms with E-state index in [0.29, 0.717) is 0 Å². The van der Waals surface area contributed by atoms with E-state index < -0.39 is 0 Å². The van der Waals surface area contributed by atoms with Gasteiger partial charge in [0.2, 0.25) is 5.95 Å². The number of rotatable bonds is 5. The Morgan fingerprint density at radius 3 is 2.56 bits per heavy atom. The Morgan fingerprint density at radius 2 is 1.80 bits per heavy atom. The Morgan fingerprint density at radius 1 is 1.04 bits per heavy atom. The molecule has 25 heavy (non-hydrogen) atoms. The van der Waals surface area contributed by atoms with Crippen LogP contribution in [0.3, 0.4) is 0 Å². The molecule has 0 bridgehead atoms. The summed E-state index contributed by atoms with van der Waals surface area (Å²) in [5.74, 6) is 0.838. The van der Waals surface area contributed by atoms with Crippen LogP contribution in [0.2, 0.25) is 0 Å². The molecule has 0 amide bonds. The molecule has 0 aliphatic carbocycles. The van der Waals surface area contributed by atoms with Gasteiger partial charge in [-0.05, 0) is 18.2 Å². The number of benzene rings is 1. The zero-order valence-corrected chi connectivity index (χ0v) is 14.7. The van der Waals surface area contributed by atoms with E-state index in [4.69, 9.17) is 4.98 Å². The lowest BCUT2D eigenvalue weighted by Crippen LogP contribution is -3.13. The highest BCUT2D eigenvalue weighted by atomic mass is 32.1. The van der Waals surface area contributed by atoms with E-state index >= 15 is 0 Å². The summed E-state index contributed by atoms with van der Waals surface area (Å²) >= 11 is 1.66. The van der Waals surface area contributed by atoms with Crippen LogP contribution in [0.5, 0.6) is 0 Å². The zero-order chi connectivity index (χ0) is 16.9. The van der Waals surface area contributed by atoms with E-state index in [1.54, 1.807) is 28.6 Å². The number of nitrogens with one attached hydrogen (secondary N) is 2. The SMILES string of the molecule is c1ccc(Nc2nc(C[NH+]3CCN(c4ncccn4)CC3)cs2)cc1. The molecule has 7 heteroatoms. The van der Waals surface area contributed by atoms with Crippen molar-refractivity contribution < 1.29 is 4.90 Å². The molecule has 0 unspecified atom stereocenters. The summed E-state index contributed by atoms with van der Waals surface area (Å²) in [4.78, 5) is 17.2. The minimum absolute atomic E-state index is 0.838. The molecule has 4 rings (SSSR count). The second kappa shape index (κ2) is 7.58. The quantitative estimate of drug-likeness (QED) is 0.729. The lowest BCUT2D eigenvalue weighted by atomic mass is 10.3. The minimum atomic E-state index is 0.838. The molecule has 0 spiro atoms. The van der Waals surface area contributed by atoms with Crippen molar-refractivity contribution in [3.63, 3.8) is 0 Å². The van der Waals surface area contributed by atoms with E-state index in [1.807, 2.05) is 24.3 Å². The molecule has 3 aromatic rings. The van der Waals surface area contributed by atoms with Crippen molar-refractivity contribution in [3.8, 4) is 0 Å². The molecule has 1 aliphatic heterocycles. The van der Waals surface area contributed by atoms with Crippen LogP contribution >= 0.6 is 11.3 Å². The molecule has 1 aliphatic rings. The monoisotopic (exact) mass is 353 g/mol. The molecule has 1 fully saturated rings. The van der Waals surface area contributed by atoms with Gasteiger partial charge in [-0.25, -0.2) is 15.0 Å².